The fraction of sp³-hybridized carbons (Fsp3) is 0.481. The number of rotatable bonds is 6. The van der Waals surface area contributed by atoms with Crippen LogP contribution < -0.4 is 15.0 Å². The average molecular weight is 535 g/mol. The largest absolute Gasteiger partial charge is 0.481 e. The van der Waals surface area contributed by atoms with Gasteiger partial charge < -0.3 is 19.9 Å². The van der Waals surface area contributed by atoms with Gasteiger partial charge in [-0.3, -0.25) is 14.7 Å². The number of aromatic amines is 1. The number of nitrogens with zero attached hydrogens (tertiary/aromatic N) is 6. The Kier molecular flexibility index (Phi) is 6.40. The van der Waals surface area contributed by atoms with Crippen molar-refractivity contribution in [3.63, 3.8) is 0 Å². The van der Waals surface area contributed by atoms with Gasteiger partial charge in [-0.05, 0) is 51.2 Å². The SMILES string of the molecule is COc1cc(-c2cc(C(=O)N3CC[C@H](C(=O)N[C@@H]4CCN(c5cnnc(C)c5)C4)CC34CC4)n[nH]2)c(F)cn1. The Balaban J connectivity index is 1.08. The Labute approximate surface area is 225 Å². The molecule has 39 heavy (non-hydrogen) atoms. The highest BCUT2D eigenvalue weighted by atomic mass is 19.1. The van der Waals surface area contributed by atoms with Crippen LogP contribution in [0.4, 0.5) is 10.1 Å². The molecule has 5 heterocycles. The molecule has 0 bridgehead atoms. The topological polar surface area (TPSA) is 129 Å². The molecule has 11 nitrogen and oxygen atoms in total. The first-order valence-corrected chi connectivity index (χ1v) is 13.3. The Morgan fingerprint density at radius 3 is 2.79 bits per heavy atom. The van der Waals surface area contributed by atoms with E-state index in [0.717, 1.165) is 49.9 Å². The Hall–Kier alpha value is -4.09. The zero-order chi connectivity index (χ0) is 27.1. The Morgan fingerprint density at radius 1 is 1.18 bits per heavy atom. The molecule has 2 atom stereocenters. The van der Waals surface area contributed by atoms with E-state index in [-0.39, 0.29) is 46.5 Å². The summed E-state index contributed by atoms with van der Waals surface area (Å²) in [6, 6.07) is 5.10. The second-order valence-electron chi connectivity index (χ2n) is 10.7. The summed E-state index contributed by atoms with van der Waals surface area (Å²) in [5, 5.41) is 18.3. The third-order valence-electron chi connectivity index (χ3n) is 8.13. The lowest BCUT2D eigenvalue weighted by Gasteiger charge is -2.39. The van der Waals surface area contributed by atoms with E-state index in [1.807, 2.05) is 17.9 Å². The van der Waals surface area contributed by atoms with Gasteiger partial charge in [-0.1, -0.05) is 0 Å². The summed E-state index contributed by atoms with van der Waals surface area (Å²) >= 11 is 0. The van der Waals surface area contributed by atoms with E-state index in [2.05, 4.69) is 35.6 Å². The van der Waals surface area contributed by atoms with Crippen molar-refractivity contribution < 1.29 is 18.7 Å². The number of halogens is 1. The number of nitrogens with one attached hydrogen (secondary N) is 2. The molecule has 2 amide bonds. The predicted molar refractivity (Wildman–Crippen MR) is 140 cm³/mol. The molecule has 2 saturated heterocycles. The molecule has 0 aromatic carbocycles. The zero-order valence-corrected chi connectivity index (χ0v) is 22.0. The summed E-state index contributed by atoms with van der Waals surface area (Å²) in [7, 11) is 1.45. The van der Waals surface area contributed by atoms with Gasteiger partial charge in [0, 0.05) is 48.8 Å². The number of piperidine rings is 1. The smallest absolute Gasteiger partial charge is 0.274 e. The van der Waals surface area contributed by atoms with Crippen LogP contribution in [0.3, 0.4) is 0 Å². The maximum Gasteiger partial charge on any atom is 0.274 e. The first kappa shape index (κ1) is 25.2. The lowest BCUT2D eigenvalue weighted by atomic mass is 9.87. The van der Waals surface area contributed by atoms with Crippen molar-refractivity contribution >= 4 is 17.5 Å². The summed E-state index contributed by atoms with van der Waals surface area (Å²) in [5.41, 5.74) is 2.40. The summed E-state index contributed by atoms with van der Waals surface area (Å²) < 4.78 is 19.5. The number of methoxy groups -OCH3 is 1. The van der Waals surface area contributed by atoms with Gasteiger partial charge in [-0.15, -0.1) is 0 Å². The van der Waals surface area contributed by atoms with Crippen molar-refractivity contribution in [2.24, 2.45) is 5.92 Å². The quantitative estimate of drug-likeness (QED) is 0.494. The van der Waals surface area contributed by atoms with Gasteiger partial charge in [-0.2, -0.15) is 15.3 Å². The number of aryl methyl sites for hydroxylation is 1. The van der Waals surface area contributed by atoms with Crippen LogP contribution in [0.25, 0.3) is 11.3 Å². The zero-order valence-electron chi connectivity index (χ0n) is 22.0. The average Bonchev–Trinajstić information content (AvgIpc) is 3.31. The van der Waals surface area contributed by atoms with Crippen molar-refractivity contribution in [2.75, 3.05) is 31.6 Å². The molecule has 3 fully saturated rings. The number of ether oxygens (including phenoxy) is 1. The van der Waals surface area contributed by atoms with Gasteiger partial charge in [0.25, 0.3) is 5.91 Å². The van der Waals surface area contributed by atoms with Gasteiger partial charge in [0.15, 0.2) is 11.5 Å². The number of hydrogen-bond acceptors (Lipinski definition) is 8. The predicted octanol–water partition coefficient (Wildman–Crippen LogP) is 2.50. The fourth-order valence-corrected chi connectivity index (χ4v) is 5.86. The van der Waals surface area contributed by atoms with Crippen LogP contribution in [0.1, 0.15) is 48.3 Å². The number of likely N-dealkylation sites (tertiary alicyclic amines) is 1. The summed E-state index contributed by atoms with van der Waals surface area (Å²) in [4.78, 5) is 34.6. The first-order chi connectivity index (χ1) is 18.8. The number of hydrogen-bond donors (Lipinski definition) is 2. The highest BCUT2D eigenvalue weighted by molar-refractivity contribution is 5.94. The minimum absolute atomic E-state index is 0.0634. The standard InChI is InChI=1S/C27H31FN8O3/c1-16-9-19(13-30-32-16)35-7-4-18(15-35)31-25(37)17-3-8-36(27(12-17)5-6-27)26(38)23-11-22(33-34-23)20-10-24(39-2)29-14-21(20)28/h9-11,13-14,17-18H,3-8,12,15H2,1-2H3,(H,31,37)(H,33,34)/t17-,18+/m0/s1. The molecule has 3 aromatic rings. The van der Waals surface area contributed by atoms with Crippen LogP contribution in [0.2, 0.25) is 0 Å². The fourth-order valence-electron chi connectivity index (χ4n) is 5.86. The van der Waals surface area contributed by atoms with Crippen molar-refractivity contribution in [1.29, 1.82) is 0 Å². The maximum atomic E-state index is 14.4. The highest BCUT2D eigenvalue weighted by Crippen LogP contribution is 2.50. The third-order valence-corrected chi connectivity index (χ3v) is 8.13. The molecule has 1 spiro atoms. The van der Waals surface area contributed by atoms with Crippen LogP contribution in [0.15, 0.2) is 30.6 Å². The number of H-pyrrole nitrogens is 1. The van der Waals surface area contributed by atoms with Crippen LogP contribution in [-0.2, 0) is 4.79 Å². The van der Waals surface area contributed by atoms with E-state index >= 15 is 0 Å². The molecule has 1 aliphatic carbocycles. The molecular formula is C27H31FN8O3. The van der Waals surface area contributed by atoms with E-state index in [9.17, 15) is 14.0 Å². The summed E-state index contributed by atoms with van der Waals surface area (Å²) in [6.45, 7) is 3.99. The molecule has 12 heteroatoms. The normalized spacial score (nSPS) is 21.7. The van der Waals surface area contributed by atoms with E-state index in [1.54, 1.807) is 12.3 Å². The van der Waals surface area contributed by atoms with Gasteiger partial charge >= 0.3 is 0 Å². The molecule has 1 saturated carbocycles. The van der Waals surface area contributed by atoms with E-state index in [4.69, 9.17) is 4.74 Å². The van der Waals surface area contributed by atoms with Crippen molar-refractivity contribution in [3.05, 3.63) is 47.8 Å². The summed E-state index contributed by atoms with van der Waals surface area (Å²) in [5.74, 6) is -0.553. The van der Waals surface area contributed by atoms with Gasteiger partial charge in [0.05, 0.1) is 36.6 Å². The Bertz CT molecular complexity index is 1410. The summed E-state index contributed by atoms with van der Waals surface area (Å²) in [6.07, 6.45) is 6.67. The monoisotopic (exact) mass is 534 g/mol. The van der Waals surface area contributed by atoms with E-state index < -0.39 is 5.82 Å². The van der Waals surface area contributed by atoms with Crippen LogP contribution >= 0.6 is 0 Å². The van der Waals surface area contributed by atoms with Gasteiger partial charge in [0.1, 0.15) is 0 Å². The van der Waals surface area contributed by atoms with E-state index in [0.29, 0.717) is 25.1 Å². The number of pyridine rings is 1. The number of anilines is 1. The molecule has 3 aromatic heterocycles. The molecule has 6 rings (SSSR count). The van der Waals surface area contributed by atoms with Crippen LogP contribution in [0, 0.1) is 18.7 Å². The van der Waals surface area contributed by atoms with Gasteiger partial charge in [0.2, 0.25) is 11.8 Å². The number of aromatic nitrogens is 5. The molecule has 2 N–H and O–H groups in total. The van der Waals surface area contributed by atoms with Crippen molar-refractivity contribution in [3.8, 4) is 17.1 Å². The molecule has 0 radical (unpaired) electrons. The molecule has 0 unspecified atom stereocenters. The second-order valence-corrected chi connectivity index (χ2v) is 10.7. The minimum Gasteiger partial charge on any atom is -0.481 e. The first-order valence-electron chi connectivity index (χ1n) is 13.3. The second kappa shape index (κ2) is 9.90. The van der Waals surface area contributed by atoms with Crippen molar-refractivity contribution in [2.45, 2.75) is 50.6 Å². The number of amides is 2. The Morgan fingerprint density at radius 2 is 2.03 bits per heavy atom. The van der Waals surface area contributed by atoms with Crippen LogP contribution in [-0.4, -0.2) is 80.4 Å². The van der Waals surface area contributed by atoms with Crippen LogP contribution in [0.5, 0.6) is 5.88 Å². The van der Waals surface area contributed by atoms with E-state index in [1.165, 1.54) is 13.2 Å². The van der Waals surface area contributed by atoms with Crippen molar-refractivity contribution in [1.82, 2.24) is 35.6 Å². The molecule has 3 aliphatic rings. The molecular weight excluding hydrogens is 503 g/mol. The number of carbonyl (C=O) groups is 2. The minimum atomic E-state index is -0.540. The lowest BCUT2D eigenvalue weighted by Crippen LogP contribution is -2.52. The molecule has 2 aliphatic heterocycles. The highest BCUT2D eigenvalue weighted by Gasteiger charge is 2.54. The number of carbonyl (C=O) groups excluding carboxylic acids is 2. The third kappa shape index (κ3) is 4.90. The lowest BCUT2D eigenvalue weighted by molar-refractivity contribution is -0.127. The maximum absolute atomic E-state index is 14.4. The van der Waals surface area contributed by atoms with Gasteiger partial charge in [-0.25, -0.2) is 9.37 Å². The molecule has 204 valence electrons.